The minimum absolute atomic E-state index is 0.446. The Kier molecular flexibility index (Phi) is 18.7. The largest absolute Gasteiger partial charge is 0.378 e. The molecule has 0 aromatic heterocycles. The van der Waals surface area contributed by atoms with Crippen LogP contribution in [0.2, 0.25) is 0 Å². The van der Waals surface area contributed by atoms with Gasteiger partial charge in [0.05, 0.1) is 36.6 Å². The molecule has 264 valence electrons. The second kappa shape index (κ2) is 19.6. The Hall–Kier alpha value is -0.160. The van der Waals surface area contributed by atoms with Crippen LogP contribution >= 0.6 is 0 Å². The van der Waals surface area contributed by atoms with E-state index in [2.05, 4.69) is 125 Å². The first-order valence-corrected chi connectivity index (χ1v) is 18.9. The van der Waals surface area contributed by atoms with Gasteiger partial charge < -0.3 is 18.9 Å². The summed E-state index contributed by atoms with van der Waals surface area (Å²) in [5.74, 6) is 9.06. The van der Waals surface area contributed by atoms with Gasteiger partial charge in [-0.3, -0.25) is 0 Å². The molecule has 0 aliphatic carbocycles. The second-order valence-electron chi connectivity index (χ2n) is 16.2. The van der Waals surface area contributed by atoms with E-state index >= 15 is 0 Å². The molecule has 4 heterocycles. The van der Waals surface area contributed by atoms with Crippen LogP contribution in [0.25, 0.3) is 0 Å². The molecule has 0 N–H and O–H groups in total. The molecule has 4 nitrogen and oxygen atoms in total. The first kappa shape index (κ1) is 41.9. The van der Waals surface area contributed by atoms with Gasteiger partial charge in [-0.25, -0.2) is 0 Å². The van der Waals surface area contributed by atoms with Crippen LogP contribution in [-0.4, -0.2) is 49.8 Å². The molecule has 4 rings (SSSR count). The normalized spacial score (nSPS) is 49.2. The zero-order valence-corrected chi connectivity index (χ0v) is 32.9. The van der Waals surface area contributed by atoms with E-state index in [0.29, 0.717) is 48.5 Å². The fraction of sp³-hybridized carbons (Fsp3) is 1.00. The number of ether oxygens (including phenoxy) is 4. The number of rotatable bonds is 2. The molecular formula is C40H80O4. The van der Waals surface area contributed by atoms with Crippen molar-refractivity contribution in [2.75, 3.05) is 13.2 Å². The molecule has 4 aliphatic heterocycles. The van der Waals surface area contributed by atoms with Crippen LogP contribution in [0, 0.1) is 71.0 Å². The van der Waals surface area contributed by atoms with Crippen molar-refractivity contribution in [2.24, 2.45) is 71.0 Å². The van der Waals surface area contributed by atoms with Gasteiger partial charge in [-0.15, -0.1) is 0 Å². The van der Waals surface area contributed by atoms with Crippen LogP contribution in [-0.2, 0) is 18.9 Å². The van der Waals surface area contributed by atoms with Gasteiger partial charge in [-0.1, -0.05) is 96.9 Å². The molecule has 0 spiro atoms. The summed E-state index contributed by atoms with van der Waals surface area (Å²) in [6.07, 6.45) is 5.11. The Balaban J connectivity index is 0.000000294. The van der Waals surface area contributed by atoms with Crippen LogP contribution in [0.1, 0.15) is 137 Å². The van der Waals surface area contributed by atoms with Gasteiger partial charge in [0, 0.05) is 13.2 Å². The summed E-state index contributed by atoms with van der Waals surface area (Å²) < 4.78 is 23.0. The van der Waals surface area contributed by atoms with E-state index < -0.39 is 0 Å². The lowest BCUT2D eigenvalue weighted by atomic mass is 9.76. The topological polar surface area (TPSA) is 36.9 Å². The average molecular weight is 625 g/mol. The van der Waals surface area contributed by atoms with Gasteiger partial charge in [0.25, 0.3) is 0 Å². The Morgan fingerprint density at radius 3 is 0.864 bits per heavy atom. The molecule has 18 atom stereocenters. The van der Waals surface area contributed by atoms with Crippen LogP contribution < -0.4 is 0 Å². The van der Waals surface area contributed by atoms with E-state index in [1.54, 1.807) is 0 Å². The lowest BCUT2D eigenvalue weighted by molar-refractivity contribution is -0.125. The standard InChI is InChI=1S/2C11H22O.2C9H18O/c2*1-6-11-9(4)7(2)8(3)10(5)12-11;2*1-6-5-10-9(4)8(3)7(6)2/h2*7-11H,6H2,1-5H3;2*6-9H,5H2,1-4H3/t7-,8?,9+,10-,11?;7-,8?,9-,10-,11?;6-,7+,8?,9+;6-,7-,8?,9+/m0011/s1. The van der Waals surface area contributed by atoms with Gasteiger partial charge in [0.15, 0.2) is 0 Å². The maximum atomic E-state index is 5.93. The average Bonchev–Trinajstić information content (AvgIpc) is 3.01. The quantitative estimate of drug-likeness (QED) is 0.306. The number of hydrogen-bond acceptors (Lipinski definition) is 4. The fourth-order valence-electron chi connectivity index (χ4n) is 7.58. The van der Waals surface area contributed by atoms with Crippen LogP contribution in [0.5, 0.6) is 0 Å². The Bertz CT molecular complexity index is 658. The van der Waals surface area contributed by atoms with Crippen molar-refractivity contribution in [3.8, 4) is 0 Å². The summed E-state index contributed by atoms with van der Waals surface area (Å²) >= 11 is 0. The van der Waals surface area contributed by atoms with E-state index in [9.17, 15) is 0 Å². The predicted molar refractivity (Wildman–Crippen MR) is 190 cm³/mol. The molecule has 0 amide bonds. The SMILES string of the molecule is CC1[C@H](C)OC[C@@H](C)[C@@H]1C.CC1[C@H](C)OC[C@@H](C)[C@H]1C.CCC1O[C@@H](C)C(C)[C@H](C)[C@@H]1C.CCC1O[C@@H](C)C(C)[C@H](C)[C@H]1C. The highest BCUT2D eigenvalue weighted by Gasteiger charge is 2.37. The van der Waals surface area contributed by atoms with Crippen molar-refractivity contribution < 1.29 is 18.9 Å². The van der Waals surface area contributed by atoms with E-state index in [4.69, 9.17) is 18.9 Å². The molecule has 0 aromatic rings. The summed E-state index contributed by atoms with van der Waals surface area (Å²) in [5, 5.41) is 0. The lowest BCUT2D eigenvalue weighted by Crippen LogP contribution is -2.42. The zero-order valence-electron chi connectivity index (χ0n) is 32.9. The second-order valence-corrected chi connectivity index (χ2v) is 16.2. The van der Waals surface area contributed by atoms with E-state index in [-0.39, 0.29) is 0 Å². The first-order valence-electron chi connectivity index (χ1n) is 18.9. The van der Waals surface area contributed by atoms with Crippen molar-refractivity contribution in [1.82, 2.24) is 0 Å². The van der Waals surface area contributed by atoms with Gasteiger partial charge in [-0.2, -0.15) is 0 Å². The summed E-state index contributed by atoms with van der Waals surface area (Å²) in [7, 11) is 0. The molecule has 4 aliphatic rings. The molecule has 0 radical (unpaired) electrons. The van der Waals surface area contributed by atoms with Crippen LogP contribution in [0.3, 0.4) is 0 Å². The maximum Gasteiger partial charge on any atom is 0.0604 e. The van der Waals surface area contributed by atoms with Crippen LogP contribution in [0.4, 0.5) is 0 Å². The summed E-state index contributed by atoms with van der Waals surface area (Å²) in [4.78, 5) is 0. The third-order valence-electron chi connectivity index (χ3n) is 13.7. The maximum absolute atomic E-state index is 5.93. The summed E-state index contributed by atoms with van der Waals surface area (Å²) in [6.45, 7) is 42.8. The lowest BCUT2D eigenvalue weighted by Gasteiger charge is -2.42. The van der Waals surface area contributed by atoms with Gasteiger partial charge in [0.2, 0.25) is 0 Å². The highest BCUT2D eigenvalue weighted by Crippen LogP contribution is 2.37. The van der Waals surface area contributed by atoms with Gasteiger partial charge in [0.1, 0.15) is 0 Å². The highest BCUT2D eigenvalue weighted by molar-refractivity contribution is 4.84. The van der Waals surface area contributed by atoms with E-state index in [1.165, 1.54) is 0 Å². The molecular weight excluding hydrogens is 544 g/mol. The predicted octanol–water partition coefficient (Wildman–Crippen LogP) is 10.8. The Morgan fingerprint density at radius 1 is 0.341 bits per heavy atom. The van der Waals surface area contributed by atoms with Gasteiger partial charge >= 0.3 is 0 Å². The van der Waals surface area contributed by atoms with E-state index in [1.807, 2.05) is 0 Å². The summed E-state index contributed by atoms with van der Waals surface area (Å²) in [5.41, 5.74) is 0. The minimum Gasteiger partial charge on any atom is -0.378 e. The zero-order chi connectivity index (χ0) is 34.0. The third-order valence-corrected chi connectivity index (χ3v) is 13.7. The van der Waals surface area contributed by atoms with Crippen molar-refractivity contribution in [3.63, 3.8) is 0 Å². The Morgan fingerprint density at radius 2 is 0.614 bits per heavy atom. The van der Waals surface area contributed by atoms with Crippen LogP contribution in [0.15, 0.2) is 0 Å². The van der Waals surface area contributed by atoms with Crippen molar-refractivity contribution in [2.45, 2.75) is 174 Å². The molecule has 6 unspecified atom stereocenters. The smallest absolute Gasteiger partial charge is 0.0604 e. The Labute approximate surface area is 276 Å². The molecule has 44 heavy (non-hydrogen) atoms. The molecule has 4 fully saturated rings. The van der Waals surface area contributed by atoms with Crippen molar-refractivity contribution in [3.05, 3.63) is 0 Å². The molecule has 4 saturated heterocycles. The third kappa shape index (κ3) is 11.5. The fourth-order valence-corrected chi connectivity index (χ4v) is 7.58. The van der Waals surface area contributed by atoms with Crippen molar-refractivity contribution >= 4 is 0 Å². The molecule has 4 heteroatoms. The molecule has 0 bridgehead atoms. The highest BCUT2D eigenvalue weighted by atomic mass is 16.5. The monoisotopic (exact) mass is 625 g/mol. The summed E-state index contributed by atoms with van der Waals surface area (Å²) in [6, 6.07) is 0. The number of hydrogen-bond donors (Lipinski definition) is 0. The molecule has 0 saturated carbocycles. The van der Waals surface area contributed by atoms with E-state index in [0.717, 1.165) is 85.2 Å². The first-order chi connectivity index (χ1) is 20.4. The van der Waals surface area contributed by atoms with Gasteiger partial charge in [-0.05, 0) is 112 Å². The minimum atomic E-state index is 0.446. The molecule has 0 aromatic carbocycles. The van der Waals surface area contributed by atoms with Crippen molar-refractivity contribution in [1.29, 1.82) is 0 Å².